The molecule has 2 N–H and O–H groups in total. The van der Waals surface area contributed by atoms with E-state index in [1.54, 1.807) is 0 Å². The van der Waals surface area contributed by atoms with Crippen LogP contribution in [0.4, 0.5) is 4.79 Å². The number of nitrogens with two attached hydrogens (primary N) is 1. The summed E-state index contributed by atoms with van der Waals surface area (Å²) in [5.41, 5.74) is 5.27. The van der Waals surface area contributed by atoms with Gasteiger partial charge in [0, 0.05) is 3.92 Å². The Morgan fingerprint density at radius 3 is 2.47 bits per heavy atom. The van der Waals surface area contributed by atoms with Gasteiger partial charge in [0.25, 0.3) is 0 Å². The molecule has 2 rings (SSSR count). The van der Waals surface area contributed by atoms with Crippen LogP contribution in [0.15, 0.2) is 0 Å². The van der Waals surface area contributed by atoms with Gasteiger partial charge in [-0.05, 0) is 43.9 Å². The molecule has 4 unspecified atom stereocenters. The minimum absolute atomic E-state index is 0.0736. The number of primary amides is 1. The van der Waals surface area contributed by atoms with E-state index in [1.807, 2.05) is 0 Å². The van der Waals surface area contributed by atoms with E-state index < -0.39 is 6.09 Å². The second kappa shape index (κ2) is 7.70. The molecule has 2 aliphatic rings. The van der Waals surface area contributed by atoms with Crippen LogP contribution >= 0.6 is 22.6 Å². The second-order valence-electron chi connectivity index (χ2n) is 6.15. The van der Waals surface area contributed by atoms with Crippen LogP contribution in [0.2, 0.25) is 0 Å². The highest BCUT2D eigenvalue weighted by molar-refractivity contribution is 14.1. The number of fused-ring (bicyclic) bond motifs is 1. The lowest BCUT2D eigenvalue weighted by Gasteiger charge is -2.37. The quantitative estimate of drug-likeness (QED) is 0.542. The maximum Gasteiger partial charge on any atom is 0.404 e. The monoisotopic (exact) mass is 379 g/mol. The van der Waals surface area contributed by atoms with E-state index >= 15 is 0 Å². The van der Waals surface area contributed by atoms with Crippen LogP contribution in [0.25, 0.3) is 0 Å². The molecule has 4 atom stereocenters. The van der Waals surface area contributed by atoms with Crippen LogP contribution < -0.4 is 5.73 Å². The van der Waals surface area contributed by atoms with Crippen molar-refractivity contribution in [1.29, 1.82) is 0 Å². The van der Waals surface area contributed by atoms with Crippen LogP contribution in [0.3, 0.4) is 0 Å². The molecule has 19 heavy (non-hydrogen) atoms. The van der Waals surface area contributed by atoms with Crippen molar-refractivity contribution in [3.8, 4) is 0 Å². The predicted molar refractivity (Wildman–Crippen MR) is 85.4 cm³/mol. The summed E-state index contributed by atoms with van der Waals surface area (Å²) in [5.74, 6) is 1.28. The molecule has 110 valence electrons. The Morgan fingerprint density at radius 1 is 1.00 bits per heavy atom. The summed E-state index contributed by atoms with van der Waals surface area (Å²) in [4.78, 5) is 11.2. The molecule has 2 aliphatic carbocycles. The first kappa shape index (κ1) is 15.4. The minimum atomic E-state index is -0.586. The molecule has 4 heteroatoms. The number of hydrogen-bond donors (Lipinski definition) is 1. The third-order valence-electron chi connectivity index (χ3n) is 4.78. The van der Waals surface area contributed by atoms with Crippen molar-refractivity contribution in [3.63, 3.8) is 0 Å². The zero-order valence-electron chi connectivity index (χ0n) is 11.7. The lowest BCUT2D eigenvalue weighted by Crippen LogP contribution is -2.36. The van der Waals surface area contributed by atoms with Crippen LogP contribution in [0.1, 0.15) is 64.2 Å². The highest BCUT2D eigenvalue weighted by Crippen LogP contribution is 2.39. The third-order valence-corrected chi connectivity index (χ3v) is 5.91. The molecule has 0 bridgehead atoms. The van der Waals surface area contributed by atoms with Gasteiger partial charge in [-0.15, -0.1) is 0 Å². The summed E-state index contributed by atoms with van der Waals surface area (Å²) < 4.78 is 6.26. The first-order valence-corrected chi connectivity index (χ1v) is 9.01. The molecule has 2 saturated carbocycles. The smallest absolute Gasteiger partial charge is 0.404 e. The SMILES string of the molecule is NC(=O)OC1CCCCCC2CC(I)CCCCC21. The van der Waals surface area contributed by atoms with Crippen molar-refractivity contribution >= 4 is 28.7 Å². The van der Waals surface area contributed by atoms with Gasteiger partial charge >= 0.3 is 6.09 Å². The number of amides is 1. The first-order chi connectivity index (χ1) is 9.16. The fourth-order valence-corrected chi connectivity index (χ4v) is 4.96. The molecular formula is C15H26INO2. The van der Waals surface area contributed by atoms with Crippen LogP contribution in [0, 0.1) is 11.8 Å². The molecule has 1 amide bonds. The molecule has 3 nitrogen and oxygen atoms in total. The average molecular weight is 379 g/mol. The van der Waals surface area contributed by atoms with E-state index in [9.17, 15) is 4.79 Å². The number of rotatable bonds is 1. The highest BCUT2D eigenvalue weighted by atomic mass is 127. The predicted octanol–water partition coefficient (Wildman–Crippen LogP) is 4.41. The van der Waals surface area contributed by atoms with Crippen LogP contribution in [-0.2, 0) is 4.74 Å². The van der Waals surface area contributed by atoms with E-state index in [4.69, 9.17) is 10.5 Å². The number of hydrogen-bond acceptors (Lipinski definition) is 2. The molecule has 2 fully saturated rings. The number of halogens is 1. The van der Waals surface area contributed by atoms with Gasteiger partial charge in [0.2, 0.25) is 0 Å². The Hall–Kier alpha value is 0. The summed E-state index contributed by atoms with van der Waals surface area (Å²) in [6.45, 7) is 0. The Kier molecular flexibility index (Phi) is 6.23. The lowest BCUT2D eigenvalue weighted by atomic mass is 9.73. The second-order valence-corrected chi connectivity index (χ2v) is 7.92. The molecule has 0 saturated heterocycles. The van der Waals surface area contributed by atoms with Gasteiger partial charge in [-0.25, -0.2) is 4.79 Å². The number of alkyl halides is 1. The van der Waals surface area contributed by atoms with E-state index in [0.717, 1.165) is 16.3 Å². The van der Waals surface area contributed by atoms with E-state index in [0.29, 0.717) is 5.92 Å². The summed E-state index contributed by atoms with van der Waals surface area (Å²) in [7, 11) is 0. The summed E-state index contributed by atoms with van der Waals surface area (Å²) in [5, 5.41) is 0. The van der Waals surface area contributed by atoms with Gasteiger partial charge in [-0.3, -0.25) is 0 Å². The normalized spacial score (nSPS) is 37.1. The number of carbonyl (C=O) groups excluding carboxylic acids is 1. The first-order valence-electron chi connectivity index (χ1n) is 7.77. The number of ether oxygens (including phenoxy) is 1. The fraction of sp³-hybridized carbons (Fsp3) is 0.933. The van der Waals surface area contributed by atoms with Crippen molar-refractivity contribution in [2.75, 3.05) is 0 Å². The van der Waals surface area contributed by atoms with E-state index in [1.165, 1.54) is 57.8 Å². The molecule has 0 aromatic carbocycles. The number of carbonyl (C=O) groups is 1. The van der Waals surface area contributed by atoms with Crippen LogP contribution in [-0.4, -0.2) is 16.1 Å². The van der Waals surface area contributed by atoms with Crippen LogP contribution in [0.5, 0.6) is 0 Å². The summed E-state index contributed by atoms with van der Waals surface area (Å²) >= 11 is 2.61. The Balaban J connectivity index is 2.09. The van der Waals surface area contributed by atoms with Gasteiger partial charge in [0.05, 0.1) is 0 Å². The van der Waals surface area contributed by atoms with Gasteiger partial charge in [-0.1, -0.05) is 54.7 Å². The minimum Gasteiger partial charge on any atom is -0.446 e. The van der Waals surface area contributed by atoms with E-state index in [-0.39, 0.29) is 6.10 Å². The largest absolute Gasteiger partial charge is 0.446 e. The van der Waals surface area contributed by atoms with Crippen molar-refractivity contribution < 1.29 is 9.53 Å². The highest BCUT2D eigenvalue weighted by Gasteiger charge is 2.34. The van der Waals surface area contributed by atoms with Gasteiger partial charge in [0.1, 0.15) is 6.10 Å². The van der Waals surface area contributed by atoms with Crippen molar-refractivity contribution in [3.05, 3.63) is 0 Å². The van der Waals surface area contributed by atoms with Crippen molar-refractivity contribution in [1.82, 2.24) is 0 Å². The van der Waals surface area contributed by atoms with Gasteiger partial charge in [-0.2, -0.15) is 0 Å². The lowest BCUT2D eigenvalue weighted by molar-refractivity contribution is 0.0211. The maximum absolute atomic E-state index is 11.2. The van der Waals surface area contributed by atoms with Gasteiger partial charge in [0.15, 0.2) is 0 Å². The Bertz CT molecular complexity index is 298. The molecule has 0 aromatic heterocycles. The Labute approximate surface area is 130 Å². The average Bonchev–Trinajstić information content (AvgIpc) is 2.31. The summed E-state index contributed by atoms with van der Waals surface area (Å²) in [6.07, 6.45) is 12.1. The third kappa shape index (κ3) is 4.80. The fourth-order valence-electron chi connectivity index (χ4n) is 3.86. The maximum atomic E-state index is 11.2. The van der Waals surface area contributed by atoms with Gasteiger partial charge < -0.3 is 10.5 Å². The topological polar surface area (TPSA) is 52.3 Å². The molecule has 0 radical (unpaired) electrons. The molecule has 0 aliphatic heterocycles. The Morgan fingerprint density at radius 2 is 1.68 bits per heavy atom. The zero-order valence-corrected chi connectivity index (χ0v) is 13.8. The van der Waals surface area contributed by atoms with E-state index in [2.05, 4.69) is 22.6 Å². The molecule has 0 aromatic rings. The van der Waals surface area contributed by atoms with Crippen molar-refractivity contribution in [2.24, 2.45) is 17.6 Å². The zero-order chi connectivity index (χ0) is 13.7. The molecule has 0 spiro atoms. The molecular weight excluding hydrogens is 353 g/mol. The van der Waals surface area contributed by atoms with Crippen molar-refractivity contribution in [2.45, 2.75) is 74.2 Å². The molecule has 0 heterocycles. The standard InChI is InChI=1S/C15H26INO2/c16-12-7-4-5-8-13-11(10-12)6-2-1-3-9-14(13)19-15(17)18/h11-14H,1-10H2,(H2,17,18). The summed E-state index contributed by atoms with van der Waals surface area (Å²) in [6, 6.07) is 0.